The summed E-state index contributed by atoms with van der Waals surface area (Å²) >= 11 is 13.2. The van der Waals surface area contributed by atoms with E-state index in [9.17, 15) is 14.4 Å². The number of halogens is 2. The van der Waals surface area contributed by atoms with Gasteiger partial charge in [-0.15, -0.1) is 11.3 Å². The van der Waals surface area contributed by atoms with Gasteiger partial charge in [0, 0.05) is 21.4 Å². The Kier molecular flexibility index (Phi) is 5.89. The van der Waals surface area contributed by atoms with Gasteiger partial charge in [0.25, 0.3) is 0 Å². The Bertz CT molecular complexity index is 934. The van der Waals surface area contributed by atoms with Crippen LogP contribution in [0.15, 0.2) is 18.2 Å². The summed E-state index contributed by atoms with van der Waals surface area (Å²) in [6, 6.07) is 4.48. The van der Waals surface area contributed by atoms with E-state index in [-0.39, 0.29) is 22.4 Å². The molecule has 5 nitrogen and oxygen atoms in total. The molecule has 3 rings (SSSR count). The second kappa shape index (κ2) is 8.00. The maximum absolute atomic E-state index is 12.6. The van der Waals surface area contributed by atoms with Gasteiger partial charge in [0.05, 0.1) is 10.6 Å². The molecule has 0 bridgehead atoms. The van der Waals surface area contributed by atoms with Crippen LogP contribution in [0.25, 0.3) is 0 Å². The minimum absolute atomic E-state index is 0.0187. The van der Waals surface area contributed by atoms with E-state index in [1.54, 1.807) is 13.0 Å². The van der Waals surface area contributed by atoms with Crippen LogP contribution in [-0.2, 0) is 9.53 Å². The minimum atomic E-state index is -0.651. The normalized spacial score (nSPS) is 13.3. The Morgan fingerprint density at radius 3 is 2.56 bits per heavy atom. The summed E-state index contributed by atoms with van der Waals surface area (Å²) in [5, 5.41) is 3.88. The number of thiophene rings is 1. The van der Waals surface area contributed by atoms with Gasteiger partial charge in [0.2, 0.25) is 11.7 Å². The SMILES string of the molecule is Cc1sc(NC(=O)C2CC2)c(C(=O)OCC(=O)c2ccc(Cl)cc2Cl)c1C. The maximum atomic E-state index is 12.6. The third-order valence-corrected chi connectivity index (χ3v) is 6.01. The Labute approximate surface area is 170 Å². The first-order valence-electron chi connectivity index (χ1n) is 8.34. The van der Waals surface area contributed by atoms with E-state index < -0.39 is 18.4 Å². The number of carbonyl (C=O) groups is 3. The summed E-state index contributed by atoms with van der Waals surface area (Å²) in [6.07, 6.45) is 1.73. The third kappa shape index (κ3) is 4.51. The van der Waals surface area contributed by atoms with Crippen LogP contribution in [0.4, 0.5) is 5.00 Å². The van der Waals surface area contributed by atoms with Crippen molar-refractivity contribution in [2.24, 2.45) is 5.92 Å². The highest BCUT2D eigenvalue weighted by Gasteiger charge is 2.32. The van der Waals surface area contributed by atoms with Crippen LogP contribution in [-0.4, -0.2) is 24.3 Å². The number of ether oxygens (including phenoxy) is 1. The van der Waals surface area contributed by atoms with E-state index in [1.165, 1.54) is 23.5 Å². The number of hydrogen-bond donors (Lipinski definition) is 1. The molecule has 27 heavy (non-hydrogen) atoms. The van der Waals surface area contributed by atoms with Crippen LogP contribution in [0.5, 0.6) is 0 Å². The molecule has 8 heteroatoms. The van der Waals surface area contributed by atoms with Gasteiger partial charge in [-0.1, -0.05) is 23.2 Å². The molecular formula is C19H17Cl2NO4S. The molecule has 1 aliphatic carbocycles. The van der Waals surface area contributed by atoms with Gasteiger partial charge in [-0.25, -0.2) is 4.79 Å². The first kappa shape index (κ1) is 19.9. The standard InChI is InChI=1S/C19H17Cl2NO4S/c1-9-10(2)27-18(22-17(24)11-3-4-11)16(9)19(25)26-8-15(23)13-6-5-12(20)7-14(13)21/h5-7,11H,3-4,8H2,1-2H3,(H,22,24). The van der Waals surface area contributed by atoms with Gasteiger partial charge in [-0.05, 0) is 50.5 Å². The molecule has 0 aliphatic heterocycles. The molecule has 1 saturated carbocycles. The average molecular weight is 426 g/mol. The fourth-order valence-electron chi connectivity index (χ4n) is 2.52. The van der Waals surface area contributed by atoms with Gasteiger partial charge in [0.15, 0.2) is 6.61 Å². The number of ketones is 1. The van der Waals surface area contributed by atoms with Gasteiger partial charge in [0.1, 0.15) is 5.00 Å². The molecule has 0 saturated heterocycles. The Morgan fingerprint density at radius 1 is 1.22 bits per heavy atom. The van der Waals surface area contributed by atoms with Crippen molar-refractivity contribution in [2.75, 3.05) is 11.9 Å². The summed E-state index contributed by atoms with van der Waals surface area (Å²) in [5.41, 5.74) is 1.25. The zero-order valence-corrected chi connectivity index (χ0v) is 17.1. The van der Waals surface area contributed by atoms with Crippen LogP contribution < -0.4 is 5.32 Å². The molecule has 2 aromatic rings. The number of benzene rings is 1. The molecule has 1 aromatic heterocycles. The fraction of sp³-hybridized carbons (Fsp3) is 0.316. The highest BCUT2D eigenvalue weighted by molar-refractivity contribution is 7.16. The van der Waals surface area contributed by atoms with Gasteiger partial charge >= 0.3 is 5.97 Å². The van der Waals surface area contributed by atoms with Crippen molar-refractivity contribution in [1.29, 1.82) is 0 Å². The number of rotatable bonds is 6. The van der Waals surface area contributed by atoms with Crippen LogP contribution >= 0.6 is 34.5 Å². The maximum Gasteiger partial charge on any atom is 0.341 e. The largest absolute Gasteiger partial charge is 0.454 e. The lowest BCUT2D eigenvalue weighted by molar-refractivity contribution is -0.117. The van der Waals surface area contributed by atoms with Gasteiger partial charge < -0.3 is 10.1 Å². The van der Waals surface area contributed by atoms with Crippen LogP contribution in [0, 0.1) is 19.8 Å². The first-order valence-corrected chi connectivity index (χ1v) is 9.91. The zero-order valence-electron chi connectivity index (χ0n) is 14.7. The smallest absolute Gasteiger partial charge is 0.341 e. The van der Waals surface area contributed by atoms with E-state index in [1.807, 2.05) is 6.92 Å². The van der Waals surface area contributed by atoms with Crippen molar-refractivity contribution in [3.05, 3.63) is 49.8 Å². The Balaban J connectivity index is 1.72. The monoisotopic (exact) mass is 425 g/mol. The highest BCUT2D eigenvalue weighted by atomic mass is 35.5. The minimum Gasteiger partial charge on any atom is -0.454 e. The van der Waals surface area contributed by atoms with E-state index >= 15 is 0 Å². The molecule has 1 heterocycles. The lowest BCUT2D eigenvalue weighted by Gasteiger charge is -2.08. The van der Waals surface area contributed by atoms with Crippen molar-refractivity contribution >= 4 is 57.2 Å². The molecule has 1 fully saturated rings. The topological polar surface area (TPSA) is 72.5 Å². The molecule has 0 spiro atoms. The number of amides is 1. The second-order valence-corrected chi connectivity index (χ2v) is 8.44. The van der Waals surface area contributed by atoms with Crippen molar-refractivity contribution in [2.45, 2.75) is 26.7 Å². The lowest BCUT2D eigenvalue weighted by Crippen LogP contribution is -2.18. The Hall–Kier alpha value is -1.89. The van der Waals surface area contributed by atoms with E-state index in [4.69, 9.17) is 27.9 Å². The molecule has 1 aromatic carbocycles. The van der Waals surface area contributed by atoms with Crippen molar-refractivity contribution in [3.63, 3.8) is 0 Å². The van der Waals surface area contributed by atoms with Crippen molar-refractivity contribution < 1.29 is 19.1 Å². The highest BCUT2D eigenvalue weighted by Crippen LogP contribution is 2.36. The van der Waals surface area contributed by atoms with Crippen molar-refractivity contribution in [1.82, 2.24) is 0 Å². The molecule has 0 radical (unpaired) electrons. The van der Waals surface area contributed by atoms with Gasteiger partial charge in [-0.3, -0.25) is 9.59 Å². The van der Waals surface area contributed by atoms with E-state index in [2.05, 4.69) is 5.32 Å². The molecule has 0 atom stereocenters. The van der Waals surface area contributed by atoms with Crippen LogP contribution in [0.3, 0.4) is 0 Å². The number of Topliss-reactive ketones (excluding diaryl/α,β-unsaturated/α-hetero) is 1. The number of anilines is 1. The summed E-state index contributed by atoms with van der Waals surface area (Å²) in [7, 11) is 0. The predicted molar refractivity (Wildman–Crippen MR) is 106 cm³/mol. The number of esters is 1. The average Bonchev–Trinajstić information content (AvgIpc) is 3.40. The number of carbonyl (C=O) groups excluding carboxylic acids is 3. The molecule has 1 N–H and O–H groups in total. The molecule has 0 unspecified atom stereocenters. The van der Waals surface area contributed by atoms with Crippen LogP contribution in [0.2, 0.25) is 10.0 Å². The van der Waals surface area contributed by atoms with Crippen LogP contribution in [0.1, 0.15) is 44.0 Å². The van der Waals surface area contributed by atoms with Gasteiger partial charge in [-0.2, -0.15) is 0 Å². The second-order valence-electron chi connectivity index (χ2n) is 6.37. The first-order chi connectivity index (χ1) is 12.8. The molecular weight excluding hydrogens is 409 g/mol. The molecule has 1 amide bonds. The summed E-state index contributed by atoms with van der Waals surface area (Å²) in [4.78, 5) is 37.8. The molecule has 1 aliphatic rings. The zero-order chi connectivity index (χ0) is 19.7. The lowest BCUT2D eigenvalue weighted by atomic mass is 10.1. The quantitative estimate of drug-likeness (QED) is 0.518. The summed E-state index contributed by atoms with van der Waals surface area (Å²) in [5.74, 6) is -1.15. The number of hydrogen-bond acceptors (Lipinski definition) is 5. The fourth-order valence-corrected chi connectivity index (χ4v) is 4.08. The number of aryl methyl sites for hydroxylation is 1. The van der Waals surface area contributed by atoms with Crippen molar-refractivity contribution in [3.8, 4) is 0 Å². The van der Waals surface area contributed by atoms with E-state index in [0.717, 1.165) is 23.3 Å². The molecule has 142 valence electrons. The summed E-state index contributed by atoms with van der Waals surface area (Å²) < 4.78 is 5.20. The Morgan fingerprint density at radius 2 is 1.93 bits per heavy atom. The predicted octanol–water partition coefficient (Wildman–Crippen LogP) is 5.06. The summed E-state index contributed by atoms with van der Waals surface area (Å²) in [6.45, 7) is 3.19. The number of nitrogens with one attached hydrogen (secondary N) is 1. The van der Waals surface area contributed by atoms with E-state index in [0.29, 0.717) is 15.6 Å². The third-order valence-electron chi connectivity index (χ3n) is 4.34.